The van der Waals surface area contributed by atoms with Crippen LogP contribution in [0.3, 0.4) is 0 Å². The van der Waals surface area contributed by atoms with Gasteiger partial charge >= 0.3 is 5.97 Å². The second-order valence-electron chi connectivity index (χ2n) is 9.75. The fourth-order valence-corrected chi connectivity index (χ4v) is 4.66. The van der Waals surface area contributed by atoms with E-state index in [0.29, 0.717) is 35.6 Å². The van der Waals surface area contributed by atoms with E-state index in [1.54, 1.807) is 48.5 Å². The summed E-state index contributed by atoms with van der Waals surface area (Å²) in [6, 6.07) is 34.5. The number of aryl methyl sites for hydroxylation is 1. The highest BCUT2D eigenvalue weighted by Crippen LogP contribution is 2.22. The highest BCUT2D eigenvalue weighted by Gasteiger charge is 2.21. The number of hydrogen-bond acceptors (Lipinski definition) is 5. The molecule has 0 bridgehead atoms. The number of anilines is 1. The molecule has 1 aromatic heterocycles. The summed E-state index contributed by atoms with van der Waals surface area (Å²) < 4.78 is 7.86. The molecule has 7 nitrogen and oxygen atoms in total. The summed E-state index contributed by atoms with van der Waals surface area (Å²) in [6.45, 7) is 2.50. The van der Waals surface area contributed by atoms with Gasteiger partial charge in [0.2, 0.25) is 0 Å². The third-order valence-corrected chi connectivity index (χ3v) is 6.76. The lowest BCUT2D eigenvalue weighted by molar-refractivity contribution is -0.137. The monoisotopic (exact) mass is 545 g/mol. The molecule has 0 radical (unpaired) electrons. The first-order valence-corrected chi connectivity index (χ1v) is 13.5. The van der Waals surface area contributed by atoms with Crippen LogP contribution in [0.5, 0.6) is 5.75 Å². The maximum Gasteiger partial charge on any atom is 0.326 e. The number of benzene rings is 4. The van der Waals surface area contributed by atoms with Crippen LogP contribution >= 0.6 is 0 Å². The predicted octanol–water partition coefficient (Wildman–Crippen LogP) is 6.14. The average Bonchev–Trinajstić information content (AvgIpc) is 3.38. The first-order valence-electron chi connectivity index (χ1n) is 13.5. The van der Waals surface area contributed by atoms with E-state index in [0.717, 1.165) is 22.6 Å². The van der Waals surface area contributed by atoms with Crippen molar-refractivity contribution in [1.29, 1.82) is 0 Å². The van der Waals surface area contributed by atoms with E-state index in [9.17, 15) is 14.7 Å². The maximum atomic E-state index is 13.1. The number of ether oxygens (including phenoxy) is 1. The molecule has 4 aromatic carbocycles. The molecule has 0 spiro atoms. The Morgan fingerprint density at radius 2 is 1.54 bits per heavy atom. The molecule has 1 heterocycles. The van der Waals surface area contributed by atoms with Gasteiger partial charge in [0.15, 0.2) is 5.78 Å². The lowest BCUT2D eigenvalue weighted by Gasteiger charge is -2.18. The molecule has 206 valence electrons. The third kappa shape index (κ3) is 6.89. The zero-order valence-electron chi connectivity index (χ0n) is 22.7. The van der Waals surface area contributed by atoms with Gasteiger partial charge in [-0.3, -0.25) is 4.79 Å². The Bertz CT molecular complexity index is 1610. The van der Waals surface area contributed by atoms with Gasteiger partial charge in [-0.15, -0.1) is 0 Å². The topological polar surface area (TPSA) is 93.4 Å². The van der Waals surface area contributed by atoms with Crippen molar-refractivity contribution < 1.29 is 19.4 Å². The van der Waals surface area contributed by atoms with E-state index < -0.39 is 12.0 Å². The summed E-state index contributed by atoms with van der Waals surface area (Å²) in [5.41, 5.74) is 5.32. The number of ketones is 1. The standard InChI is InChI=1S/C34H31N3O4/c1-24-22-27(36-37(24)28-12-6-3-7-13-28)20-21-41-29-18-16-25(17-19-29)23-32(34(39)40)35-31-15-9-8-14-30(31)33(38)26-10-4-2-5-11-26/h2-19,22,32,35H,20-21,23H2,1H3,(H,39,40)/t32-/m0/s1. The Morgan fingerprint density at radius 1 is 0.878 bits per heavy atom. The molecule has 2 N–H and O–H groups in total. The molecule has 0 saturated heterocycles. The number of carboxylic acid groups (broad SMARTS) is 1. The van der Waals surface area contributed by atoms with E-state index in [-0.39, 0.29) is 12.2 Å². The third-order valence-electron chi connectivity index (χ3n) is 6.76. The second-order valence-corrected chi connectivity index (χ2v) is 9.75. The number of hydrogen-bond donors (Lipinski definition) is 2. The molecular weight excluding hydrogens is 514 g/mol. The quantitative estimate of drug-likeness (QED) is 0.183. The van der Waals surface area contributed by atoms with Gasteiger partial charge in [0.25, 0.3) is 0 Å². The maximum absolute atomic E-state index is 13.1. The summed E-state index contributed by atoms with van der Waals surface area (Å²) in [5, 5.41) is 17.7. The molecule has 0 fully saturated rings. The van der Waals surface area contributed by atoms with Crippen LogP contribution in [-0.4, -0.2) is 39.3 Å². The molecule has 0 aliphatic heterocycles. The molecule has 41 heavy (non-hydrogen) atoms. The number of rotatable bonds is 12. The van der Waals surface area contributed by atoms with Crippen molar-refractivity contribution in [3.63, 3.8) is 0 Å². The molecule has 0 aliphatic carbocycles. The minimum absolute atomic E-state index is 0.165. The van der Waals surface area contributed by atoms with Crippen molar-refractivity contribution in [3.8, 4) is 11.4 Å². The van der Waals surface area contributed by atoms with Crippen molar-refractivity contribution in [1.82, 2.24) is 9.78 Å². The Labute approximate surface area is 239 Å². The van der Waals surface area contributed by atoms with Gasteiger partial charge in [-0.1, -0.05) is 72.8 Å². The molecular formula is C34H31N3O4. The SMILES string of the molecule is Cc1cc(CCOc2ccc(C[C@H](Nc3ccccc3C(=O)c3ccccc3)C(=O)O)cc2)nn1-c1ccccc1. The van der Waals surface area contributed by atoms with Crippen molar-refractivity contribution in [2.24, 2.45) is 0 Å². The molecule has 1 atom stereocenters. The zero-order chi connectivity index (χ0) is 28.6. The predicted molar refractivity (Wildman–Crippen MR) is 159 cm³/mol. The fraction of sp³-hybridized carbons (Fsp3) is 0.147. The van der Waals surface area contributed by atoms with Crippen LogP contribution in [-0.2, 0) is 17.6 Å². The molecule has 7 heteroatoms. The minimum atomic E-state index is -1.00. The molecule has 0 unspecified atom stereocenters. The second kappa shape index (κ2) is 12.8. The summed E-state index contributed by atoms with van der Waals surface area (Å²) in [6.07, 6.45) is 0.897. The number of carbonyl (C=O) groups excluding carboxylic acids is 1. The Balaban J connectivity index is 1.19. The fourth-order valence-electron chi connectivity index (χ4n) is 4.66. The van der Waals surface area contributed by atoms with E-state index in [1.165, 1.54) is 0 Å². The number of aliphatic carboxylic acids is 1. The van der Waals surface area contributed by atoms with Crippen molar-refractivity contribution in [2.75, 3.05) is 11.9 Å². The van der Waals surface area contributed by atoms with Gasteiger partial charge in [0, 0.05) is 35.3 Å². The van der Waals surface area contributed by atoms with Crippen molar-refractivity contribution >= 4 is 17.4 Å². The number of carboxylic acids is 1. The first-order chi connectivity index (χ1) is 20.0. The van der Waals surface area contributed by atoms with Crippen LogP contribution in [0.15, 0.2) is 115 Å². The Hall–Kier alpha value is -5.17. The van der Waals surface area contributed by atoms with Crippen LogP contribution in [0.1, 0.15) is 32.9 Å². The number of para-hydroxylation sites is 2. The Morgan fingerprint density at radius 3 is 2.24 bits per heavy atom. The van der Waals surface area contributed by atoms with Crippen LogP contribution in [0.2, 0.25) is 0 Å². The van der Waals surface area contributed by atoms with Crippen LogP contribution in [0.4, 0.5) is 5.69 Å². The van der Waals surface area contributed by atoms with Gasteiger partial charge in [-0.2, -0.15) is 5.10 Å². The lowest BCUT2D eigenvalue weighted by atomic mass is 10.00. The van der Waals surface area contributed by atoms with Gasteiger partial charge in [0.05, 0.1) is 18.0 Å². The van der Waals surface area contributed by atoms with E-state index >= 15 is 0 Å². The summed E-state index contributed by atoms with van der Waals surface area (Å²) in [4.78, 5) is 25.2. The first kappa shape index (κ1) is 27.4. The molecule has 0 amide bonds. The Kier molecular flexibility index (Phi) is 8.55. The van der Waals surface area contributed by atoms with Crippen molar-refractivity contribution in [3.05, 3.63) is 143 Å². The van der Waals surface area contributed by atoms with Crippen LogP contribution in [0, 0.1) is 6.92 Å². The van der Waals surface area contributed by atoms with Crippen molar-refractivity contribution in [2.45, 2.75) is 25.8 Å². The van der Waals surface area contributed by atoms with E-state index in [1.807, 2.05) is 72.3 Å². The smallest absolute Gasteiger partial charge is 0.326 e. The zero-order valence-corrected chi connectivity index (χ0v) is 22.7. The van der Waals surface area contributed by atoms with Gasteiger partial charge in [-0.05, 0) is 55.0 Å². The normalized spacial score (nSPS) is 11.5. The number of carbonyl (C=O) groups is 2. The van der Waals surface area contributed by atoms with Gasteiger partial charge in [-0.25, -0.2) is 9.48 Å². The molecule has 5 rings (SSSR count). The van der Waals surface area contributed by atoms with Crippen LogP contribution < -0.4 is 10.1 Å². The lowest BCUT2D eigenvalue weighted by Crippen LogP contribution is -2.32. The minimum Gasteiger partial charge on any atom is -0.493 e. The highest BCUT2D eigenvalue weighted by molar-refractivity contribution is 6.12. The van der Waals surface area contributed by atoms with Crippen LogP contribution in [0.25, 0.3) is 5.69 Å². The largest absolute Gasteiger partial charge is 0.493 e. The van der Waals surface area contributed by atoms with Gasteiger partial charge in [0.1, 0.15) is 11.8 Å². The molecule has 0 saturated carbocycles. The number of nitrogens with one attached hydrogen (secondary N) is 1. The summed E-state index contributed by atoms with van der Waals surface area (Å²) in [7, 11) is 0. The summed E-state index contributed by atoms with van der Waals surface area (Å²) >= 11 is 0. The van der Waals surface area contributed by atoms with E-state index in [2.05, 4.69) is 11.4 Å². The summed E-state index contributed by atoms with van der Waals surface area (Å²) in [5.74, 6) is -0.467. The average molecular weight is 546 g/mol. The van der Waals surface area contributed by atoms with Gasteiger partial charge < -0.3 is 15.2 Å². The molecule has 5 aromatic rings. The number of nitrogens with zero attached hydrogens (tertiary/aromatic N) is 2. The number of aromatic nitrogens is 2. The van der Waals surface area contributed by atoms with E-state index in [4.69, 9.17) is 9.84 Å². The highest BCUT2D eigenvalue weighted by atomic mass is 16.5. The molecule has 0 aliphatic rings.